The van der Waals surface area contributed by atoms with Crippen molar-refractivity contribution in [3.8, 4) is 0 Å². The van der Waals surface area contributed by atoms with Crippen LogP contribution < -0.4 is 10.4 Å². The smallest absolute Gasteiger partial charge is 0.416 e. The molecule has 0 aromatic heterocycles. The highest BCUT2D eigenvalue weighted by Gasteiger charge is 2.50. The monoisotopic (exact) mass is 326 g/mol. The second-order valence-corrected chi connectivity index (χ2v) is 5.39. The molecular weight excluding hydrogens is 315 g/mol. The first-order valence-electron chi connectivity index (χ1n) is 6.80. The minimum absolute atomic E-state index is 0.0614. The number of carbonyl (C=O) groups is 2. The zero-order valence-electron chi connectivity index (χ0n) is 11.5. The van der Waals surface area contributed by atoms with Gasteiger partial charge in [-0.05, 0) is 18.2 Å². The lowest BCUT2D eigenvalue weighted by atomic mass is 9.82. The fourth-order valence-corrected chi connectivity index (χ4v) is 2.90. The molecule has 0 spiro atoms. The van der Waals surface area contributed by atoms with E-state index in [1.807, 2.05) is 0 Å². The van der Waals surface area contributed by atoms with Crippen LogP contribution in [-0.2, 0) is 20.5 Å². The van der Waals surface area contributed by atoms with Gasteiger partial charge in [-0.3, -0.25) is 4.79 Å². The third-order valence-corrected chi connectivity index (χ3v) is 3.93. The van der Waals surface area contributed by atoms with Crippen LogP contribution in [-0.4, -0.2) is 24.1 Å². The van der Waals surface area contributed by atoms with E-state index in [4.69, 9.17) is 4.74 Å². The normalized spacial score (nSPS) is 28.8. The molecule has 8 heteroatoms. The SMILES string of the molecule is O=C([O-])[C@@H]1[C@H](C(=O)Nc2cccc(C(F)(F)F)c2)[C@H]2C=C[C@@H]1O2. The van der Waals surface area contributed by atoms with E-state index < -0.39 is 47.7 Å². The van der Waals surface area contributed by atoms with E-state index in [9.17, 15) is 27.9 Å². The molecule has 0 radical (unpaired) electrons. The molecule has 23 heavy (non-hydrogen) atoms. The van der Waals surface area contributed by atoms with Gasteiger partial charge in [-0.25, -0.2) is 0 Å². The average Bonchev–Trinajstić information content (AvgIpc) is 3.07. The van der Waals surface area contributed by atoms with Crippen LogP contribution in [0.25, 0.3) is 0 Å². The Morgan fingerprint density at radius 2 is 1.78 bits per heavy atom. The number of carboxylic acids is 1. The predicted octanol–water partition coefficient (Wildman–Crippen LogP) is 0.963. The van der Waals surface area contributed by atoms with Crippen molar-refractivity contribution in [2.24, 2.45) is 11.8 Å². The summed E-state index contributed by atoms with van der Waals surface area (Å²) in [5, 5.41) is 13.5. The fraction of sp³-hybridized carbons (Fsp3) is 0.333. The molecule has 1 amide bonds. The first kappa shape index (κ1) is 15.5. The number of hydrogen-bond acceptors (Lipinski definition) is 4. The Bertz CT molecular complexity index is 686. The topological polar surface area (TPSA) is 78.5 Å². The Kier molecular flexibility index (Phi) is 3.63. The van der Waals surface area contributed by atoms with Gasteiger partial charge in [0.15, 0.2) is 0 Å². The number of amides is 1. The average molecular weight is 326 g/mol. The van der Waals surface area contributed by atoms with Crippen molar-refractivity contribution in [2.45, 2.75) is 18.4 Å². The number of carbonyl (C=O) groups excluding carboxylic acids is 2. The molecule has 4 atom stereocenters. The number of alkyl halides is 3. The highest BCUT2D eigenvalue weighted by Crippen LogP contribution is 2.39. The van der Waals surface area contributed by atoms with Crippen molar-refractivity contribution in [1.29, 1.82) is 0 Å². The highest BCUT2D eigenvalue weighted by molar-refractivity contribution is 5.96. The molecular formula is C15H11F3NO4-. The Hall–Kier alpha value is -2.35. The second-order valence-electron chi connectivity index (χ2n) is 5.39. The van der Waals surface area contributed by atoms with Crippen LogP contribution >= 0.6 is 0 Å². The third kappa shape index (κ3) is 2.81. The molecule has 1 aromatic carbocycles. The lowest BCUT2D eigenvalue weighted by Gasteiger charge is -2.25. The molecule has 1 saturated heterocycles. The van der Waals surface area contributed by atoms with E-state index in [0.29, 0.717) is 0 Å². The van der Waals surface area contributed by atoms with E-state index in [2.05, 4.69) is 5.32 Å². The summed E-state index contributed by atoms with van der Waals surface area (Å²) in [5.41, 5.74) is -0.968. The molecule has 2 heterocycles. The molecule has 1 N–H and O–H groups in total. The number of carboxylic acid groups (broad SMARTS) is 1. The van der Waals surface area contributed by atoms with E-state index in [1.165, 1.54) is 6.07 Å². The lowest BCUT2D eigenvalue weighted by molar-refractivity contribution is -0.313. The Morgan fingerprint density at radius 1 is 1.13 bits per heavy atom. The molecule has 2 aliphatic rings. The van der Waals surface area contributed by atoms with Gasteiger partial charge in [0.05, 0.1) is 23.7 Å². The van der Waals surface area contributed by atoms with Crippen molar-refractivity contribution in [3.63, 3.8) is 0 Å². The van der Waals surface area contributed by atoms with Crippen LogP contribution in [0, 0.1) is 11.8 Å². The van der Waals surface area contributed by atoms with E-state index in [-0.39, 0.29) is 5.69 Å². The summed E-state index contributed by atoms with van der Waals surface area (Å²) >= 11 is 0. The lowest BCUT2D eigenvalue weighted by Crippen LogP contribution is -2.45. The van der Waals surface area contributed by atoms with Crippen LogP contribution in [0.15, 0.2) is 36.4 Å². The number of aliphatic carboxylic acids is 1. The zero-order valence-corrected chi connectivity index (χ0v) is 11.5. The standard InChI is InChI=1S/C15H12F3NO4/c16-15(17,18)7-2-1-3-8(6-7)19-13(20)11-9-4-5-10(23-9)12(11)14(21)22/h1-6,9-12H,(H,19,20)(H,21,22)/p-1/t9-,10+,11-,12+/m1/s1. The number of benzene rings is 1. The van der Waals surface area contributed by atoms with E-state index >= 15 is 0 Å². The summed E-state index contributed by atoms with van der Waals surface area (Å²) < 4.78 is 43.3. The van der Waals surface area contributed by atoms with Gasteiger partial charge in [-0.15, -0.1) is 0 Å². The van der Waals surface area contributed by atoms with Crippen LogP contribution in [0.3, 0.4) is 0 Å². The maximum absolute atomic E-state index is 12.7. The molecule has 0 saturated carbocycles. The van der Waals surface area contributed by atoms with Gasteiger partial charge >= 0.3 is 6.18 Å². The second kappa shape index (κ2) is 5.38. The van der Waals surface area contributed by atoms with Crippen LogP contribution in [0.1, 0.15) is 5.56 Å². The molecule has 5 nitrogen and oxygen atoms in total. The van der Waals surface area contributed by atoms with Crippen LogP contribution in [0.4, 0.5) is 18.9 Å². The quantitative estimate of drug-likeness (QED) is 0.840. The van der Waals surface area contributed by atoms with Gasteiger partial charge in [0.2, 0.25) is 5.91 Å². The van der Waals surface area contributed by atoms with Gasteiger partial charge in [0.25, 0.3) is 0 Å². The molecule has 0 aliphatic carbocycles. The van der Waals surface area contributed by atoms with E-state index in [0.717, 1.165) is 18.2 Å². The van der Waals surface area contributed by atoms with Crippen LogP contribution in [0.5, 0.6) is 0 Å². The van der Waals surface area contributed by atoms with Crippen molar-refractivity contribution in [2.75, 3.05) is 5.32 Å². The molecule has 2 bridgehead atoms. The van der Waals surface area contributed by atoms with E-state index in [1.54, 1.807) is 12.2 Å². The summed E-state index contributed by atoms with van der Waals surface area (Å²) in [6.07, 6.45) is -2.89. The zero-order chi connectivity index (χ0) is 16.8. The highest BCUT2D eigenvalue weighted by atomic mass is 19.4. The number of ether oxygens (including phenoxy) is 1. The van der Waals surface area contributed by atoms with Crippen LogP contribution in [0.2, 0.25) is 0 Å². The fourth-order valence-electron chi connectivity index (χ4n) is 2.90. The summed E-state index contributed by atoms with van der Waals surface area (Å²) in [5.74, 6) is -4.33. The van der Waals surface area contributed by atoms with Crippen molar-refractivity contribution in [3.05, 3.63) is 42.0 Å². The van der Waals surface area contributed by atoms with Gasteiger partial charge in [0, 0.05) is 17.6 Å². The van der Waals surface area contributed by atoms with Crippen molar-refractivity contribution in [1.82, 2.24) is 0 Å². The first-order chi connectivity index (χ1) is 10.8. The number of anilines is 1. The predicted molar refractivity (Wildman–Crippen MR) is 69.9 cm³/mol. The Balaban J connectivity index is 1.80. The van der Waals surface area contributed by atoms with Gasteiger partial charge in [0.1, 0.15) is 0 Å². The first-order valence-corrected chi connectivity index (χ1v) is 6.80. The largest absolute Gasteiger partial charge is 0.550 e. The number of fused-ring (bicyclic) bond motifs is 2. The number of rotatable bonds is 3. The molecule has 1 fully saturated rings. The van der Waals surface area contributed by atoms with Gasteiger partial charge in [-0.2, -0.15) is 13.2 Å². The van der Waals surface area contributed by atoms with Crippen molar-refractivity contribution < 1.29 is 32.6 Å². The Labute approximate surface area is 128 Å². The Morgan fingerprint density at radius 3 is 2.39 bits per heavy atom. The molecule has 1 aromatic rings. The van der Waals surface area contributed by atoms with Gasteiger partial charge in [-0.1, -0.05) is 18.2 Å². The summed E-state index contributed by atoms with van der Waals surface area (Å²) in [7, 11) is 0. The molecule has 0 unspecified atom stereocenters. The number of hydrogen-bond donors (Lipinski definition) is 1. The summed E-state index contributed by atoms with van der Waals surface area (Å²) in [6.45, 7) is 0. The van der Waals surface area contributed by atoms with Crippen molar-refractivity contribution >= 4 is 17.6 Å². The van der Waals surface area contributed by atoms with Gasteiger partial charge < -0.3 is 20.0 Å². The number of nitrogens with one attached hydrogen (secondary N) is 1. The molecule has 122 valence electrons. The maximum atomic E-state index is 12.7. The molecule has 3 rings (SSSR count). The minimum Gasteiger partial charge on any atom is -0.550 e. The summed E-state index contributed by atoms with van der Waals surface area (Å²) in [6, 6.07) is 4.12. The number of halogens is 3. The minimum atomic E-state index is -4.54. The summed E-state index contributed by atoms with van der Waals surface area (Å²) in [4.78, 5) is 23.5. The molecule has 2 aliphatic heterocycles. The maximum Gasteiger partial charge on any atom is 0.416 e. The third-order valence-electron chi connectivity index (χ3n) is 3.93.